The van der Waals surface area contributed by atoms with Crippen molar-refractivity contribution in [1.29, 1.82) is 0 Å². The number of carbonyl (C=O) groups excluding carboxylic acids is 2. The van der Waals surface area contributed by atoms with Crippen LogP contribution in [0.4, 0.5) is 0 Å². The fourth-order valence-electron chi connectivity index (χ4n) is 4.36. The van der Waals surface area contributed by atoms with Crippen molar-refractivity contribution in [2.24, 2.45) is 9.98 Å². The number of unbranched alkanes of at least 4 members (excludes halogenated alkanes) is 23. The van der Waals surface area contributed by atoms with Gasteiger partial charge < -0.3 is 0 Å². The zero-order valence-electron chi connectivity index (χ0n) is 21.1. The van der Waals surface area contributed by atoms with Gasteiger partial charge in [0.15, 0.2) is 0 Å². The van der Waals surface area contributed by atoms with Crippen molar-refractivity contribution in [2.45, 2.75) is 154 Å². The van der Waals surface area contributed by atoms with Crippen LogP contribution in [0.1, 0.15) is 154 Å². The molecule has 0 fully saturated rings. The van der Waals surface area contributed by atoms with E-state index in [4.69, 9.17) is 0 Å². The lowest BCUT2D eigenvalue weighted by Crippen LogP contribution is -1.85. The van der Waals surface area contributed by atoms with Gasteiger partial charge in [0.25, 0.3) is 0 Å². The van der Waals surface area contributed by atoms with E-state index in [9.17, 15) is 9.59 Å². The molecule has 4 heteroatoms. The summed E-state index contributed by atoms with van der Waals surface area (Å²) in [5.74, 6) is 0. The van der Waals surface area contributed by atoms with Crippen LogP contribution in [0, 0.1) is 0 Å². The van der Waals surface area contributed by atoms with E-state index in [1.54, 1.807) is 12.2 Å². The van der Waals surface area contributed by atoms with Crippen molar-refractivity contribution in [3.8, 4) is 0 Å². The molecule has 0 unspecified atom stereocenters. The molecule has 0 spiro atoms. The topological polar surface area (TPSA) is 58.9 Å². The highest BCUT2D eigenvalue weighted by Gasteiger charge is 1.96. The van der Waals surface area contributed by atoms with Gasteiger partial charge in [-0.2, -0.15) is 0 Å². The molecule has 0 aliphatic heterocycles. The normalized spacial score (nSPS) is 10.6. The smallest absolute Gasteiger partial charge is 0.211 e. The van der Waals surface area contributed by atoms with Crippen LogP contribution in [0.3, 0.4) is 0 Å². The van der Waals surface area contributed by atoms with E-state index in [-0.39, 0.29) is 0 Å². The monoisotopic (exact) mass is 448 g/mol. The predicted molar refractivity (Wildman–Crippen MR) is 137 cm³/mol. The van der Waals surface area contributed by atoms with E-state index in [1.165, 1.54) is 141 Å². The van der Waals surface area contributed by atoms with Crippen molar-refractivity contribution >= 4 is 12.2 Å². The SMILES string of the molecule is O=C=NCCCCCCCCCCCCCCCCCCCCCCCCCCN=C=O. The van der Waals surface area contributed by atoms with E-state index in [0.29, 0.717) is 13.1 Å². The molecule has 0 amide bonds. The van der Waals surface area contributed by atoms with Gasteiger partial charge in [-0.1, -0.05) is 141 Å². The lowest BCUT2D eigenvalue weighted by atomic mass is 10.0. The highest BCUT2D eigenvalue weighted by Crippen LogP contribution is 2.15. The van der Waals surface area contributed by atoms with E-state index >= 15 is 0 Å². The molecular weight excluding hydrogens is 396 g/mol. The van der Waals surface area contributed by atoms with Crippen LogP contribution >= 0.6 is 0 Å². The van der Waals surface area contributed by atoms with E-state index < -0.39 is 0 Å². The standard InChI is InChI=1S/C28H52N2O2/c31-27-29-25-23-21-19-17-15-13-11-9-7-5-3-1-2-4-6-8-10-12-14-16-18-20-22-24-26-30-28-32/h1-26H2. The zero-order chi connectivity index (χ0) is 23.2. The van der Waals surface area contributed by atoms with Crippen molar-refractivity contribution in [2.75, 3.05) is 13.1 Å². The highest BCUT2D eigenvalue weighted by molar-refractivity contribution is 5.32. The Morgan fingerprint density at radius 2 is 0.438 bits per heavy atom. The maximum atomic E-state index is 9.95. The van der Waals surface area contributed by atoms with Gasteiger partial charge in [-0.15, -0.1) is 0 Å². The van der Waals surface area contributed by atoms with E-state index in [0.717, 1.165) is 12.8 Å². The first-order chi connectivity index (χ1) is 15.9. The predicted octanol–water partition coefficient (Wildman–Crippen LogP) is 9.02. The molecule has 0 atom stereocenters. The molecule has 0 bridgehead atoms. The quantitative estimate of drug-likeness (QED) is 0.0714. The summed E-state index contributed by atoms with van der Waals surface area (Å²) in [6.07, 6.45) is 35.6. The molecule has 0 saturated heterocycles. The molecule has 0 aromatic heterocycles. The minimum absolute atomic E-state index is 0.660. The van der Waals surface area contributed by atoms with Gasteiger partial charge in [-0.25, -0.2) is 19.6 Å². The Labute approximate surface area is 199 Å². The average Bonchev–Trinajstić information content (AvgIpc) is 2.81. The molecule has 0 N–H and O–H groups in total. The highest BCUT2D eigenvalue weighted by atomic mass is 16.1. The number of nitrogens with zero attached hydrogens (tertiary/aromatic N) is 2. The molecule has 0 saturated carbocycles. The molecule has 186 valence electrons. The number of hydrogen-bond acceptors (Lipinski definition) is 4. The first kappa shape index (κ1) is 30.8. The molecule has 0 rings (SSSR count). The lowest BCUT2D eigenvalue weighted by molar-refractivity contribution is 0.516. The first-order valence-corrected chi connectivity index (χ1v) is 14.0. The van der Waals surface area contributed by atoms with Crippen LogP contribution in [0.2, 0.25) is 0 Å². The summed E-state index contributed by atoms with van der Waals surface area (Å²) in [5.41, 5.74) is 0. The summed E-state index contributed by atoms with van der Waals surface area (Å²) in [6, 6.07) is 0. The molecule has 4 nitrogen and oxygen atoms in total. The minimum atomic E-state index is 0.660. The Bertz CT molecular complexity index is 412. The van der Waals surface area contributed by atoms with Gasteiger partial charge in [-0.05, 0) is 12.8 Å². The van der Waals surface area contributed by atoms with Gasteiger partial charge in [0, 0.05) is 0 Å². The van der Waals surface area contributed by atoms with E-state index in [2.05, 4.69) is 9.98 Å². The molecule has 0 radical (unpaired) electrons. The third-order valence-corrected chi connectivity index (χ3v) is 6.42. The number of aliphatic imine (C=N–C) groups is 2. The molecule has 32 heavy (non-hydrogen) atoms. The fraction of sp³-hybridized carbons (Fsp3) is 0.929. The van der Waals surface area contributed by atoms with Crippen LogP contribution in [0.5, 0.6) is 0 Å². The van der Waals surface area contributed by atoms with Gasteiger partial charge in [0.05, 0.1) is 13.1 Å². The lowest BCUT2D eigenvalue weighted by Gasteiger charge is -2.04. The first-order valence-electron chi connectivity index (χ1n) is 14.0. The Morgan fingerprint density at radius 3 is 0.594 bits per heavy atom. The van der Waals surface area contributed by atoms with Crippen molar-refractivity contribution in [3.05, 3.63) is 0 Å². The van der Waals surface area contributed by atoms with E-state index in [1.807, 2.05) is 0 Å². The van der Waals surface area contributed by atoms with Crippen molar-refractivity contribution < 1.29 is 9.59 Å². The summed E-state index contributed by atoms with van der Waals surface area (Å²) in [6.45, 7) is 1.32. The molecule has 0 aromatic carbocycles. The van der Waals surface area contributed by atoms with Crippen LogP contribution < -0.4 is 0 Å². The summed E-state index contributed by atoms with van der Waals surface area (Å²) >= 11 is 0. The Hall–Kier alpha value is -1.24. The second-order valence-electron chi connectivity index (χ2n) is 9.43. The summed E-state index contributed by atoms with van der Waals surface area (Å²) in [5, 5.41) is 0. The molecule has 0 aliphatic carbocycles. The summed E-state index contributed by atoms with van der Waals surface area (Å²) in [7, 11) is 0. The van der Waals surface area contributed by atoms with Crippen LogP contribution in [-0.4, -0.2) is 25.2 Å². The molecule has 0 aliphatic rings. The summed E-state index contributed by atoms with van der Waals surface area (Å²) in [4.78, 5) is 27.1. The van der Waals surface area contributed by atoms with Crippen LogP contribution in [0.25, 0.3) is 0 Å². The Morgan fingerprint density at radius 1 is 0.281 bits per heavy atom. The van der Waals surface area contributed by atoms with Crippen LogP contribution in [-0.2, 0) is 9.59 Å². The fourth-order valence-corrected chi connectivity index (χ4v) is 4.36. The molecule has 0 aromatic rings. The maximum absolute atomic E-state index is 9.95. The number of isocyanates is 2. The van der Waals surface area contributed by atoms with Crippen LogP contribution in [0.15, 0.2) is 9.98 Å². The number of hydrogen-bond donors (Lipinski definition) is 0. The van der Waals surface area contributed by atoms with Gasteiger partial charge in [0.2, 0.25) is 12.2 Å². The van der Waals surface area contributed by atoms with Gasteiger partial charge in [-0.3, -0.25) is 0 Å². The van der Waals surface area contributed by atoms with Crippen molar-refractivity contribution in [3.63, 3.8) is 0 Å². The second-order valence-corrected chi connectivity index (χ2v) is 9.43. The largest absolute Gasteiger partial charge is 0.234 e. The second kappa shape index (κ2) is 29.8. The maximum Gasteiger partial charge on any atom is 0.234 e. The minimum Gasteiger partial charge on any atom is -0.211 e. The number of rotatable bonds is 27. The van der Waals surface area contributed by atoms with Gasteiger partial charge >= 0.3 is 0 Å². The Kier molecular flexibility index (Phi) is 28.6. The molecular formula is C28H52N2O2. The molecule has 0 heterocycles. The van der Waals surface area contributed by atoms with Crippen molar-refractivity contribution in [1.82, 2.24) is 0 Å². The third-order valence-electron chi connectivity index (χ3n) is 6.42. The average molecular weight is 449 g/mol. The third kappa shape index (κ3) is 28.8. The zero-order valence-corrected chi connectivity index (χ0v) is 21.1. The summed E-state index contributed by atoms with van der Waals surface area (Å²) < 4.78 is 0. The Balaban J connectivity index is 3.02. The van der Waals surface area contributed by atoms with Gasteiger partial charge in [0.1, 0.15) is 0 Å².